The van der Waals surface area contributed by atoms with E-state index >= 15 is 0 Å². The summed E-state index contributed by atoms with van der Waals surface area (Å²) in [6.45, 7) is 0. The van der Waals surface area contributed by atoms with Gasteiger partial charge in [0.25, 0.3) is 5.91 Å². The first-order valence-corrected chi connectivity index (χ1v) is 11.3. The summed E-state index contributed by atoms with van der Waals surface area (Å²) in [6.07, 6.45) is 4.82. The molecule has 0 bridgehead atoms. The van der Waals surface area contributed by atoms with E-state index in [0.29, 0.717) is 17.1 Å². The Balaban J connectivity index is 1.57. The molecule has 1 amide bonds. The summed E-state index contributed by atoms with van der Waals surface area (Å²) in [6, 6.07) is 11.1. The van der Waals surface area contributed by atoms with E-state index in [4.69, 9.17) is 9.15 Å². The van der Waals surface area contributed by atoms with Crippen LogP contribution in [0.25, 0.3) is 11.5 Å². The van der Waals surface area contributed by atoms with E-state index < -0.39 is 15.9 Å². The van der Waals surface area contributed by atoms with E-state index in [0.717, 1.165) is 25.7 Å². The van der Waals surface area contributed by atoms with Crippen molar-refractivity contribution in [3.05, 3.63) is 54.4 Å². The van der Waals surface area contributed by atoms with Crippen molar-refractivity contribution in [3.8, 4) is 17.2 Å². The molecule has 1 saturated carbocycles. The van der Waals surface area contributed by atoms with Gasteiger partial charge >= 0.3 is 0 Å². The van der Waals surface area contributed by atoms with Gasteiger partial charge in [-0.25, -0.2) is 13.1 Å². The molecule has 3 aromatic rings. The number of nitrogens with one attached hydrogen (secondary N) is 2. The average molecular weight is 442 g/mol. The summed E-state index contributed by atoms with van der Waals surface area (Å²) < 4.78 is 39.0. The maximum atomic E-state index is 12.9. The molecule has 0 spiro atoms. The Labute approximate surface area is 179 Å². The van der Waals surface area contributed by atoms with Crippen LogP contribution in [0.4, 0.5) is 5.69 Å². The number of rotatable bonds is 7. The largest absolute Gasteiger partial charge is 0.495 e. The maximum Gasteiger partial charge on any atom is 0.255 e. The zero-order valence-electron chi connectivity index (χ0n) is 16.9. The SMILES string of the molecule is COc1ccc(C(=O)Nc2cccc(-c3nnco3)c2)cc1S(=O)(=O)NC1CCCC1. The van der Waals surface area contributed by atoms with Crippen LogP contribution in [0.15, 0.2) is 58.2 Å². The van der Waals surface area contributed by atoms with Crippen molar-refractivity contribution in [3.63, 3.8) is 0 Å². The lowest BCUT2D eigenvalue weighted by Gasteiger charge is -2.16. The van der Waals surface area contributed by atoms with Crippen LogP contribution in [0.1, 0.15) is 36.0 Å². The van der Waals surface area contributed by atoms with Gasteiger partial charge in [0.1, 0.15) is 10.6 Å². The standard InChI is InChI=1S/C21H22N4O5S/c1-29-18-10-9-14(12-19(18)31(27,28)25-16-6-2-3-7-16)20(26)23-17-8-4-5-15(11-17)21-24-22-13-30-21/h4-5,8-13,16,25H,2-3,6-7H2,1H3,(H,23,26). The van der Waals surface area contributed by atoms with Crippen LogP contribution in [0.5, 0.6) is 5.75 Å². The van der Waals surface area contributed by atoms with E-state index in [1.54, 1.807) is 24.3 Å². The van der Waals surface area contributed by atoms with Gasteiger partial charge in [0.2, 0.25) is 22.3 Å². The number of methoxy groups -OCH3 is 1. The summed E-state index contributed by atoms with van der Waals surface area (Å²) in [7, 11) is -2.44. The minimum Gasteiger partial charge on any atom is -0.495 e. The highest BCUT2D eigenvalue weighted by atomic mass is 32.2. The highest BCUT2D eigenvalue weighted by Gasteiger charge is 2.26. The first-order chi connectivity index (χ1) is 15.0. The number of nitrogens with zero attached hydrogens (tertiary/aromatic N) is 2. The van der Waals surface area contributed by atoms with Crippen LogP contribution in [0.3, 0.4) is 0 Å². The summed E-state index contributed by atoms with van der Waals surface area (Å²) >= 11 is 0. The van der Waals surface area contributed by atoms with Gasteiger partial charge in [0, 0.05) is 22.9 Å². The van der Waals surface area contributed by atoms with Gasteiger partial charge in [0.15, 0.2) is 0 Å². The van der Waals surface area contributed by atoms with Crippen LogP contribution < -0.4 is 14.8 Å². The summed E-state index contributed by atoms with van der Waals surface area (Å²) in [5, 5.41) is 10.3. The Bertz CT molecular complexity index is 1170. The van der Waals surface area contributed by atoms with E-state index in [9.17, 15) is 13.2 Å². The minimum absolute atomic E-state index is 0.0610. The third kappa shape index (κ3) is 4.75. The molecule has 10 heteroatoms. The normalized spacial score (nSPS) is 14.5. The smallest absolute Gasteiger partial charge is 0.255 e. The number of amides is 1. The molecule has 2 N–H and O–H groups in total. The summed E-state index contributed by atoms with van der Waals surface area (Å²) in [5.74, 6) is 0.0509. The third-order valence-corrected chi connectivity index (χ3v) is 6.66. The Morgan fingerprint density at radius 1 is 1.16 bits per heavy atom. The molecule has 1 fully saturated rings. The maximum absolute atomic E-state index is 12.9. The number of hydrogen-bond donors (Lipinski definition) is 2. The number of sulfonamides is 1. The quantitative estimate of drug-likeness (QED) is 0.576. The van der Waals surface area contributed by atoms with E-state index in [1.165, 1.54) is 31.7 Å². The lowest BCUT2D eigenvalue weighted by atomic mass is 10.1. The zero-order valence-corrected chi connectivity index (χ0v) is 17.7. The van der Waals surface area contributed by atoms with Crippen molar-refractivity contribution < 1.29 is 22.4 Å². The second kappa shape index (κ2) is 8.86. The van der Waals surface area contributed by atoms with Gasteiger partial charge < -0.3 is 14.5 Å². The van der Waals surface area contributed by atoms with Crippen molar-refractivity contribution in [2.75, 3.05) is 12.4 Å². The number of hydrogen-bond acceptors (Lipinski definition) is 7. The van der Waals surface area contributed by atoms with Crippen molar-refractivity contribution in [1.29, 1.82) is 0 Å². The predicted octanol–water partition coefficient (Wildman–Crippen LogP) is 3.22. The van der Waals surface area contributed by atoms with Crippen molar-refractivity contribution in [2.24, 2.45) is 0 Å². The Kier molecular flexibility index (Phi) is 6.01. The Hall–Kier alpha value is -3.24. The molecule has 31 heavy (non-hydrogen) atoms. The molecule has 9 nitrogen and oxygen atoms in total. The molecule has 1 aliphatic carbocycles. The number of ether oxygens (including phenoxy) is 1. The molecule has 2 aromatic carbocycles. The number of aromatic nitrogens is 2. The van der Waals surface area contributed by atoms with Crippen molar-refractivity contribution in [2.45, 2.75) is 36.6 Å². The number of carbonyl (C=O) groups is 1. The number of anilines is 1. The molecule has 1 aromatic heterocycles. The van der Waals surface area contributed by atoms with E-state index in [1.807, 2.05) is 0 Å². The lowest BCUT2D eigenvalue weighted by Crippen LogP contribution is -2.33. The average Bonchev–Trinajstić information content (AvgIpc) is 3.47. The summed E-state index contributed by atoms with van der Waals surface area (Å²) in [4.78, 5) is 12.8. The van der Waals surface area contributed by atoms with Gasteiger partial charge in [-0.3, -0.25) is 4.79 Å². The highest BCUT2D eigenvalue weighted by molar-refractivity contribution is 7.89. The number of benzene rings is 2. The van der Waals surface area contributed by atoms with E-state index in [2.05, 4.69) is 20.2 Å². The second-order valence-corrected chi connectivity index (χ2v) is 8.93. The van der Waals surface area contributed by atoms with Crippen molar-refractivity contribution in [1.82, 2.24) is 14.9 Å². The van der Waals surface area contributed by atoms with Gasteiger partial charge in [-0.2, -0.15) is 0 Å². The summed E-state index contributed by atoms with van der Waals surface area (Å²) in [5.41, 5.74) is 1.34. The zero-order chi connectivity index (χ0) is 21.8. The van der Waals surface area contributed by atoms with Crippen LogP contribution in [0, 0.1) is 0 Å². The predicted molar refractivity (Wildman–Crippen MR) is 113 cm³/mol. The molecule has 162 valence electrons. The first-order valence-electron chi connectivity index (χ1n) is 9.84. The second-order valence-electron chi connectivity index (χ2n) is 7.25. The number of carbonyl (C=O) groups excluding carboxylic acids is 1. The van der Waals surface area contributed by atoms with Gasteiger partial charge in [0.05, 0.1) is 7.11 Å². The van der Waals surface area contributed by atoms with Gasteiger partial charge in [-0.15, -0.1) is 10.2 Å². The van der Waals surface area contributed by atoms with Gasteiger partial charge in [-0.1, -0.05) is 18.9 Å². The molecule has 0 saturated heterocycles. The lowest BCUT2D eigenvalue weighted by molar-refractivity contribution is 0.102. The molecule has 0 unspecified atom stereocenters. The van der Waals surface area contributed by atoms with Crippen LogP contribution >= 0.6 is 0 Å². The molecule has 1 aliphatic rings. The van der Waals surface area contributed by atoms with Crippen LogP contribution in [-0.2, 0) is 10.0 Å². The molecule has 0 atom stereocenters. The monoisotopic (exact) mass is 442 g/mol. The molecular weight excluding hydrogens is 420 g/mol. The topological polar surface area (TPSA) is 123 Å². The van der Waals surface area contributed by atoms with Crippen molar-refractivity contribution >= 4 is 21.6 Å². The molecule has 0 aliphatic heterocycles. The third-order valence-electron chi connectivity index (χ3n) is 5.12. The Morgan fingerprint density at radius 3 is 2.68 bits per heavy atom. The molecule has 0 radical (unpaired) electrons. The fourth-order valence-electron chi connectivity index (χ4n) is 3.59. The van der Waals surface area contributed by atoms with Crippen LogP contribution in [0.2, 0.25) is 0 Å². The first kappa shape index (κ1) is 21.0. The molecular formula is C21H22N4O5S. The molecule has 4 rings (SSSR count). The van der Waals surface area contributed by atoms with Gasteiger partial charge in [-0.05, 0) is 49.2 Å². The highest BCUT2D eigenvalue weighted by Crippen LogP contribution is 2.28. The molecule has 1 heterocycles. The van der Waals surface area contributed by atoms with Crippen LogP contribution in [-0.4, -0.2) is 37.7 Å². The Morgan fingerprint density at radius 2 is 1.97 bits per heavy atom. The fraction of sp³-hybridized carbons (Fsp3) is 0.286. The fourth-order valence-corrected chi connectivity index (χ4v) is 5.09. The van der Waals surface area contributed by atoms with E-state index in [-0.39, 0.29) is 22.3 Å². The minimum atomic E-state index is -3.83.